The summed E-state index contributed by atoms with van der Waals surface area (Å²) in [5.41, 5.74) is 1.39. The van der Waals surface area contributed by atoms with Crippen LogP contribution in [0.2, 0.25) is 0 Å². The van der Waals surface area contributed by atoms with Gasteiger partial charge >= 0.3 is 0 Å². The lowest BCUT2D eigenvalue weighted by atomic mass is 10.1. The number of methoxy groups -OCH3 is 1. The molecule has 1 fully saturated rings. The second kappa shape index (κ2) is 10.3. The number of para-hydroxylation sites is 2. The zero-order valence-corrected chi connectivity index (χ0v) is 19.8. The highest BCUT2D eigenvalue weighted by Gasteiger charge is 2.28. The molecule has 3 aromatic carbocycles. The Hall–Kier alpha value is -3.40. The van der Waals surface area contributed by atoms with E-state index in [2.05, 4.69) is 5.32 Å². The molecule has 0 radical (unpaired) electrons. The average Bonchev–Trinajstić information content (AvgIpc) is 2.86. The lowest BCUT2D eigenvalue weighted by molar-refractivity contribution is 0.0730. The molecule has 1 saturated heterocycles. The molecule has 1 amide bonds. The van der Waals surface area contributed by atoms with Crippen LogP contribution in [0.1, 0.15) is 15.9 Å². The predicted molar refractivity (Wildman–Crippen MR) is 128 cm³/mol. The highest BCUT2D eigenvalue weighted by molar-refractivity contribution is 7.89. The molecular formula is C25H26N2O6S. The molecule has 0 spiro atoms. The van der Waals surface area contributed by atoms with Gasteiger partial charge in [-0.2, -0.15) is 4.31 Å². The van der Waals surface area contributed by atoms with Crippen molar-refractivity contribution in [1.82, 2.24) is 4.31 Å². The number of rotatable bonds is 7. The maximum Gasteiger partial charge on any atom is 0.255 e. The summed E-state index contributed by atoms with van der Waals surface area (Å²) in [4.78, 5) is 13.0. The number of aryl methyl sites for hydroxylation is 1. The first-order chi connectivity index (χ1) is 16.4. The molecule has 0 aromatic heterocycles. The summed E-state index contributed by atoms with van der Waals surface area (Å²) in [5.74, 6) is 1.37. The number of anilines is 1. The Morgan fingerprint density at radius 2 is 1.65 bits per heavy atom. The highest BCUT2D eigenvalue weighted by atomic mass is 32.2. The van der Waals surface area contributed by atoms with Gasteiger partial charge in [0.05, 0.1) is 25.2 Å². The van der Waals surface area contributed by atoms with E-state index in [1.54, 1.807) is 62.6 Å². The fourth-order valence-electron chi connectivity index (χ4n) is 3.58. The summed E-state index contributed by atoms with van der Waals surface area (Å²) in [6.07, 6.45) is 0. The third kappa shape index (κ3) is 5.22. The first kappa shape index (κ1) is 23.7. The van der Waals surface area contributed by atoms with Crippen molar-refractivity contribution in [3.63, 3.8) is 0 Å². The van der Waals surface area contributed by atoms with Gasteiger partial charge in [-0.3, -0.25) is 4.79 Å². The molecule has 1 aliphatic heterocycles. The van der Waals surface area contributed by atoms with Crippen LogP contribution in [-0.2, 0) is 14.8 Å². The molecule has 0 saturated carbocycles. The van der Waals surface area contributed by atoms with Gasteiger partial charge in [0.15, 0.2) is 11.5 Å². The molecule has 0 atom stereocenters. The van der Waals surface area contributed by atoms with Crippen LogP contribution in [-0.4, -0.2) is 52.0 Å². The maximum absolute atomic E-state index is 13.1. The van der Waals surface area contributed by atoms with Crippen LogP contribution in [0.25, 0.3) is 0 Å². The zero-order chi connectivity index (χ0) is 24.1. The Kier molecular flexibility index (Phi) is 7.16. The van der Waals surface area contributed by atoms with E-state index in [9.17, 15) is 13.2 Å². The molecule has 3 aromatic rings. The van der Waals surface area contributed by atoms with Gasteiger partial charge in [0.1, 0.15) is 5.75 Å². The normalized spacial score (nSPS) is 14.4. The number of amides is 1. The average molecular weight is 483 g/mol. The van der Waals surface area contributed by atoms with Crippen LogP contribution in [0.3, 0.4) is 0 Å². The summed E-state index contributed by atoms with van der Waals surface area (Å²) >= 11 is 0. The van der Waals surface area contributed by atoms with E-state index in [1.807, 2.05) is 12.1 Å². The number of hydrogen-bond donors (Lipinski definition) is 1. The van der Waals surface area contributed by atoms with E-state index >= 15 is 0 Å². The number of carbonyl (C=O) groups is 1. The van der Waals surface area contributed by atoms with Gasteiger partial charge in [0.25, 0.3) is 5.91 Å². The standard InChI is InChI=1S/C25H26N2O6S/c1-18-7-8-19(17-24(18)34(29,30)27-13-15-32-16-14-27)25(28)26-20-9-11-21(12-10-20)33-23-6-4-3-5-22(23)31-2/h3-12,17H,13-16H2,1-2H3,(H,26,28). The third-order valence-corrected chi connectivity index (χ3v) is 7.49. The maximum atomic E-state index is 13.1. The van der Waals surface area contributed by atoms with E-state index < -0.39 is 15.9 Å². The van der Waals surface area contributed by atoms with Gasteiger partial charge in [-0.05, 0) is 61.0 Å². The number of ether oxygens (including phenoxy) is 3. The van der Waals surface area contributed by atoms with Gasteiger partial charge in [-0.25, -0.2) is 8.42 Å². The SMILES string of the molecule is COc1ccccc1Oc1ccc(NC(=O)c2ccc(C)c(S(=O)(=O)N3CCOCC3)c2)cc1. The van der Waals surface area contributed by atoms with Crippen LogP contribution >= 0.6 is 0 Å². The third-order valence-electron chi connectivity index (χ3n) is 5.45. The number of sulfonamides is 1. The molecule has 1 N–H and O–H groups in total. The Balaban J connectivity index is 1.48. The summed E-state index contributed by atoms with van der Waals surface area (Å²) in [7, 11) is -2.14. The van der Waals surface area contributed by atoms with Crippen molar-refractivity contribution < 1.29 is 27.4 Å². The molecule has 0 aliphatic carbocycles. The first-order valence-corrected chi connectivity index (χ1v) is 12.2. The van der Waals surface area contributed by atoms with Crippen LogP contribution in [0.4, 0.5) is 5.69 Å². The van der Waals surface area contributed by atoms with E-state index in [1.165, 1.54) is 10.4 Å². The fourth-order valence-corrected chi connectivity index (χ4v) is 5.24. The number of nitrogens with zero attached hydrogens (tertiary/aromatic N) is 1. The van der Waals surface area contributed by atoms with Crippen LogP contribution in [0.5, 0.6) is 17.2 Å². The quantitative estimate of drug-likeness (QED) is 0.546. The lowest BCUT2D eigenvalue weighted by Crippen LogP contribution is -2.40. The molecule has 178 valence electrons. The van der Waals surface area contributed by atoms with Crippen LogP contribution in [0.15, 0.2) is 71.6 Å². The van der Waals surface area contributed by atoms with Gasteiger partial charge in [-0.1, -0.05) is 18.2 Å². The van der Waals surface area contributed by atoms with Gasteiger partial charge in [0, 0.05) is 24.3 Å². The van der Waals surface area contributed by atoms with Crippen LogP contribution in [0, 0.1) is 6.92 Å². The summed E-state index contributed by atoms with van der Waals surface area (Å²) in [6.45, 7) is 3.02. The number of benzene rings is 3. The van der Waals surface area contributed by atoms with Crippen molar-refractivity contribution in [2.24, 2.45) is 0 Å². The zero-order valence-electron chi connectivity index (χ0n) is 19.0. The predicted octanol–water partition coefficient (Wildman–Crippen LogP) is 4.07. The van der Waals surface area contributed by atoms with Crippen molar-refractivity contribution in [3.05, 3.63) is 77.9 Å². The number of hydrogen-bond acceptors (Lipinski definition) is 6. The first-order valence-electron chi connectivity index (χ1n) is 10.8. The van der Waals surface area contributed by atoms with Crippen molar-refractivity contribution in [2.45, 2.75) is 11.8 Å². The van der Waals surface area contributed by atoms with Crippen molar-refractivity contribution in [2.75, 3.05) is 38.7 Å². The monoisotopic (exact) mass is 482 g/mol. The molecule has 1 heterocycles. The molecule has 34 heavy (non-hydrogen) atoms. The van der Waals surface area contributed by atoms with Crippen molar-refractivity contribution in [3.8, 4) is 17.2 Å². The van der Waals surface area contributed by atoms with Crippen molar-refractivity contribution in [1.29, 1.82) is 0 Å². The summed E-state index contributed by atoms with van der Waals surface area (Å²) < 4.78 is 44.0. The Bertz CT molecular complexity index is 1270. The van der Waals surface area contributed by atoms with Gasteiger partial charge in [-0.15, -0.1) is 0 Å². The molecule has 4 rings (SSSR count). The Morgan fingerprint density at radius 3 is 2.32 bits per heavy atom. The lowest BCUT2D eigenvalue weighted by Gasteiger charge is -2.26. The smallest absolute Gasteiger partial charge is 0.255 e. The van der Waals surface area contributed by atoms with E-state index in [0.717, 1.165) is 0 Å². The molecule has 0 unspecified atom stereocenters. The molecule has 1 aliphatic rings. The van der Waals surface area contributed by atoms with Gasteiger partial charge in [0.2, 0.25) is 10.0 Å². The second-order valence-electron chi connectivity index (χ2n) is 7.73. The summed E-state index contributed by atoms with van der Waals surface area (Å²) in [5, 5.41) is 2.80. The van der Waals surface area contributed by atoms with Gasteiger partial charge < -0.3 is 19.5 Å². The molecule has 9 heteroatoms. The minimum Gasteiger partial charge on any atom is -0.493 e. The number of nitrogens with one attached hydrogen (secondary N) is 1. The van der Waals surface area contributed by atoms with E-state index in [0.29, 0.717) is 54.8 Å². The summed E-state index contributed by atoms with van der Waals surface area (Å²) in [6, 6.07) is 18.9. The van der Waals surface area contributed by atoms with E-state index in [4.69, 9.17) is 14.2 Å². The minimum absolute atomic E-state index is 0.127. The van der Waals surface area contributed by atoms with Crippen LogP contribution < -0.4 is 14.8 Å². The van der Waals surface area contributed by atoms with E-state index in [-0.39, 0.29) is 10.5 Å². The Labute approximate surface area is 199 Å². The largest absolute Gasteiger partial charge is 0.493 e. The molecule has 8 nitrogen and oxygen atoms in total. The Morgan fingerprint density at radius 1 is 0.971 bits per heavy atom. The topological polar surface area (TPSA) is 94.2 Å². The molecule has 0 bridgehead atoms. The minimum atomic E-state index is -3.72. The second-order valence-corrected chi connectivity index (χ2v) is 9.63. The highest BCUT2D eigenvalue weighted by Crippen LogP contribution is 2.31. The number of carbonyl (C=O) groups excluding carboxylic acids is 1. The number of morpholine rings is 1. The molecular weight excluding hydrogens is 456 g/mol. The van der Waals surface area contributed by atoms with Crippen molar-refractivity contribution >= 4 is 21.6 Å². The fraction of sp³-hybridized carbons (Fsp3) is 0.240.